The van der Waals surface area contributed by atoms with Crippen LogP contribution in [0.2, 0.25) is 0 Å². The van der Waals surface area contributed by atoms with Gasteiger partial charge in [-0.15, -0.1) is 0 Å². The van der Waals surface area contributed by atoms with E-state index >= 15 is 0 Å². The molecule has 2 aliphatic rings. The van der Waals surface area contributed by atoms with Gasteiger partial charge in [0.25, 0.3) is 0 Å². The molecule has 2 fully saturated rings. The van der Waals surface area contributed by atoms with E-state index in [0.29, 0.717) is 6.61 Å². The number of piperidine rings is 1. The molecular formula is C25H29NO4. The second-order valence-electron chi connectivity index (χ2n) is 8.82. The van der Waals surface area contributed by atoms with Crippen molar-refractivity contribution in [1.82, 2.24) is 4.90 Å². The molecule has 0 saturated carbocycles. The maximum absolute atomic E-state index is 13.1. The third-order valence-corrected chi connectivity index (χ3v) is 6.52. The Balaban J connectivity index is 1.94. The topological polar surface area (TPSA) is 55.8 Å². The van der Waals surface area contributed by atoms with Crippen LogP contribution in [0, 0.1) is 11.8 Å². The summed E-state index contributed by atoms with van der Waals surface area (Å²) in [6.07, 6.45) is -0.350. The van der Waals surface area contributed by atoms with Gasteiger partial charge in [-0.2, -0.15) is 0 Å². The van der Waals surface area contributed by atoms with E-state index in [1.807, 2.05) is 79.4 Å². The number of nitrogens with zero attached hydrogens (tertiary/aromatic N) is 1. The first-order valence-electron chi connectivity index (χ1n) is 10.5. The lowest BCUT2D eigenvalue weighted by Crippen LogP contribution is -2.65. The molecule has 30 heavy (non-hydrogen) atoms. The summed E-state index contributed by atoms with van der Waals surface area (Å²) in [6, 6.07) is 19.5. The molecule has 0 aromatic heterocycles. The predicted molar refractivity (Wildman–Crippen MR) is 113 cm³/mol. The van der Waals surface area contributed by atoms with Crippen molar-refractivity contribution in [2.24, 2.45) is 11.8 Å². The lowest BCUT2D eigenvalue weighted by atomic mass is 9.64. The van der Waals surface area contributed by atoms with Crippen molar-refractivity contribution in [1.29, 1.82) is 0 Å². The summed E-state index contributed by atoms with van der Waals surface area (Å²) in [5.74, 6) is -0.626. The van der Waals surface area contributed by atoms with Crippen LogP contribution in [0.1, 0.15) is 50.9 Å². The van der Waals surface area contributed by atoms with Gasteiger partial charge in [-0.25, -0.2) is 0 Å². The van der Waals surface area contributed by atoms with Crippen molar-refractivity contribution in [3.05, 3.63) is 71.8 Å². The molecule has 0 N–H and O–H groups in total. The van der Waals surface area contributed by atoms with Crippen LogP contribution < -0.4 is 0 Å². The van der Waals surface area contributed by atoms with E-state index in [9.17, 15) is 9.59 Å². The average molecular weight is 408 g/mol. The zero-order valence-electron chi connectivity index (χ0n) is 17.9. The monoisotopic (exact) mass is 407 g/mol. The number of rotatable bonds is 3. The first-order valence-corrected chi connectivity index (χ1v) is 10.5. The van der Waals surface area contributed by atoms with Crippen LogP contribution in [0.15, 0.2) is 60.7 Å². The van der Waals surface area contributed by atoms with Crippen LogP contribution in [-0.2, 0) is 19.1 Å². The molecule has 4 rings (SSSR count). The van der Waals surface area contributed by atoms with E-state index in [2.05, 4.69) is 0 Å². The molecule has 158 valence electrons. The zero-order chi connectivity index (χ0) is 21.5. The highest BCUT2D eigenvalue weighted by molar-refractivity contribution is 5.75. The van der Waals surface area contributed by atoms with Crippen LogP contribution in [0.25, 0.3) is 0 Å². The minimum atomic E-state index is -0.563. The number of hydrogen-bond donors (Lipinski definition) is 0. The fourth-order valence-electron chi connectivity index (χ4n) is 5.37. The van der Waals surface area contributed by atoms with Crippen molar-refractivity contribution in [2.45, 2.75) is 51.5 Å². The smallest absolute Gasteiger partial charge is 0.302 e. The fraction of sp³-hybridized carbons (Fsp3) is 0.440. The van der Waals surface area contributed by atoms with Crippen molar-refractivity contribution >= 4 is 11.9 Å². The van der Waals surface area contributed by atoms with Crippen LogP contribution in [0.4, 0.5) is 0 Å². The highest BCUT2D eigenvalue weighted by atomic mass is 16.6. The Morgan fingerprint density at radius 1 is 0.933 bits per heavy atom. The van der Waals surface area contributed by atoms with E-state index in [4.69, 9.17) is 9.47 Å². The summed E-state index contributed by atoms with van der Waals surface area (Å²) in [7, 11) is 0. The number of amides is 1. The summed E-state index contributed by atoms with van der Waals surface area (Å²) in [5, 5.41) is 0. The zero-order valence-corrected chi connectivity index (χ0v) is 17.9. The molecule has 2 bridgehead atoms. The Kier molecular flexibility index (Phi) is 5.41. The van der Waals surface area contributed by atoms with Crippen molar-refractivity contribution in [3.8, 4) is 0 Å². The van der Waals surface area contributed by atoms with Crippen LogP contribution >= 0.6 is 0 Å². The highest BCUT2D eigenvalue weighted by Gasteiger charge is 2.60. The number of carbonyl (C=O) groups is 2. The maximum atomic E-state index is 13.1. The third-order valence-electron chi connectivity index (χ3n) is 6.52. The molecule has 0 radical (unpaired) electrons. The molecule has 2 heterocycles. The second-order valence-corrected chi connectivity index (χ2v) is 8.82. The van der Waals surface area contributed by atoms with E-state index in [-0.39, 0.29) is 41.9 Å². The minimum Gasteiger partial charge on any atom is -0.462 e. The van der Waals surface area contributed by atoms with Crippen LogP contribution in [0.3, 0.4) is 0 Å². The quantitative estimate of drug-likeness (QED) is 0.712. The van der Waals surface area contributed by atoms with Gasteiger partial charge < -0.3 is 14.4 Å². The summed E-state index contributed by atoms with van der Waals surface area (Å²) in [5.41, 5.74) is 1.48. The lowest BCUT2D eigenvalue weighted by molar-refractivity contribution is -0.246. The van der Waals surface area contributed by atoms with E-state index in [1.165, 1.54) is 6.92 Å². The standard InChI is InChI=1S/C25H29NO4/c1-16(27)26-22(18-11-7-5-8-12-18)20-15-29-25(3,4)21(24(20)30-17(2)28)23(26)19-13-9-6-10-14-19/h5-14,20-24H,15H2,1-4H3/t20-,21+,22+,23-,24+/m1/s1. The summed E-state index contributed by atoms with van der Waals surface area (Å²) in [4.78, 5) is 27.2. The normalized spacial score (nSPS) is 29.9. The Morgan fingerprint density at radius 3 is 1.97 bits per heavy atom. The molecule has 0 unspecified atom stereocenters. The Bertz CT molecular complexity index is 911. The van der Waals surface area contributed by atoms with Crippen LogP contribution in [0.5, 0.6) is 0 Å². The maximum Gasteiger partial charge on any atom is 0.302 e. The van der Waals surface area contributed by atoms with E-state index < -0.39 is 5.60 Å². The first kappa shape index (κ1) is 20.6. The van der Waals surface area contributed by atoms with E-state index in [0.717, 1.165) is 11.1 Å². The fourth-order valence-corrected chi connectivity index (χ4v) is 5.37. The molecule has 2 aromatic rings. The van der Waals surface area contributed by atoms with Crippen molar-refractivity contribution in [2.75, 3.05) is 6.61 Å². The van der Waals surface area contributed by atoms with Crippen molar-refractivity contribution < 1.29 is 19.1 Å². The highest BCUT2D eigenvalue weighted by Crippen LogP contribution is 2.56. The number of fused-ring (bicyclic) bond motifs is 2. The minimum absolute atomic E-state index is 0.00619. The van der Waals surface area contributed by atoms with Crippen LogP contribution in [-0.4, -0.2) is 35.1 Å². The first-order chi connectivity index (χ1) is 14.3. The molecule has 5 atom stereocenters. The summed E-state index contributed by atoms with van der Waals surface area (Å²) in [6.45, 7) is 7.56. The molecule has 5 heteroatoms. The summed E-state index contributed by atoms with van der Waals surface area (Å²) >= 11 is 0. The molecule has 0 spiro atoms. The Labute approximate surface area is 178 Å². The van der Waals surface area contributed by atoms with Gasteiger partial charge >= 0.3 is 5.97 Å². The number of ether oxygens (including phenoxy) is 2. The van der Waals surface area contributed by atoms with Gasteiger partial charge in [-0.05, 0) is 25.0 Å². The van der Waals surface area contributed by atoms with Gasteiger partial charge in [-0.3, -0.25) is 9.59 Å². The number of carbonyl (C=O) groups excluding carboxylic acids is 2. The SMILES string of the molecule is CC(=O)O[C@H]1[C@@H]2COC(C)(C)[C@H]1[C@@H](c1ccccc1)N(C(C)=O)[C@H]2c1ccccc1. The average Bonchev–Trinajstić information content (AvgIpc) is 2.71. The molecule has 0 aliphatic carbocycles. The third kappa shape index (κ3) is 3.52. The molecule has 2 aliphatic heterocycles. The summed E-state index contributed by atoms with van der Waals surface area (Å²) < 4.78 is 12.3. The lowest BCUT2D eigenvalue weighted by Gasteiger charge is -2.60. The molecule has 1 amide bonds. The van der Waals surface area contributed by atoms with Gasteiger partial charge in [0.15, 0.2) is 0 Å². The van der Waals surface area contributed by atoms with Gasteiger partial charge in [0.2, 0.25) is 5.91 Å². The predicted octanol–water partition coefficient (Wildman–Crippen LogP) is 4.30. The van der Waals surface area contributed by atoms with Crippen molar-refractivity contribution in [3.63, 3.8) is 0 Å². The molecule has 2 aromatic carbocycles. The second kappa shape index (κ2) is 7.88. The van der Waals surface area contributed by atoms with Gasteiger partial charge in [0, 0.05) is 25.7 Å². The number of benzene rings is 2. The largest absolute Gasteiger partial charge is 0.462 e. The number of esters is 1. The van der Waals surface area contributed by atoms with Gasteiger partial charge in [-0.1, -0.05) is 60.7 Å². The van der Waals surface area contributed by atoms with Gasteiger partial charge in [0.05, 0.1) is 24.3 Å². The number of likely N-dealkylation sites (tertiary alicyclic amines) is 1. The molecule has 2 saturated heterocycles. The Morgan fingerprint density at radius 2 is 1.47 bits per heavy atom. The number of hydrogen-bond acceptors (Lipinski definition) is 4. The molecular weight excluding hydrogens is 378 g/mol. The Hall–Kier alpha value is -2.66. The van der Waals surface area contributed by atoms with Gasteiger partial charge in [0.1, 0.15) is 6.10 Å². The van der Waals surface area contributed by atoms with E-state index in [1.54, 1.807) is 6.92 Å². The molecule has 5 nitrogen and oxygen atoms in total.